The summed E-state index contributed by atoms with van der Waals surface area (Å²) in [5.41, 5.74) is 6.42. The van der Waals surface area contributed by atoms with Gasteiger partial charge in [0.1, 0.15) is 5.15 Å². The summed E-state index contributed by atoms with van der Waals surface area (Å²) in [6, 6.07) is 13.4. The third kappa shape index (κ3) is 5.67. The van der Waals surface area contributed by atoms with Crippen molar-refractivity contribution in [2.24, 2.45) is 0 Å². The normalized spacial score (nSPS) is 14.6. The van der Waals surface area contributed by atoms with E-state index in [4.69, 9.17) is 11.6 Å². The van der Waals surface area contributed by atoms with Crippen LogP contribution < -0.4 is 20.7 Å². The molecule has 8 heteroatoms. The van der Waals surface area contributed by atoms with Gasteiger partial charge in [0.15, 0.2) is 0 Å². The number of aromatic nitrogens is 1. The molecule has 7 nitrogen and oxygen atoms in total. The van der Waals surface area contributed by atoms with E-state index in [1.807, 2.05) is 18.2 Å². The zero-order valence-corrected chi connectivity index (χ0v) is 15.7. The maximum absolute atomic E-state index is 12.0. The Balaban J connectivity index is 1.35. The van der Waals surface area contributed by atoms with Crippen molar-refractivity contribution in [3.8, 4) is 0 Å². The minimum atomic E-state index is -0.420. The first-order valence-electron chi connectivity index (χ1n) is 8.96. The quantitative estimate of drug-likeness (QED) is 0.508. The van der Waals surface area contributed by atoms with Crippen molar-refractivity contribution >= 4 is 29.1 Å². The fourth-order valence-corrected chi connectivity index (χ4v) is 3.14. The average molecular weight is 389 g/mol. The first-order chi connectivity index (χ1) is 13.1. The van der Waals surface area contributed by atoms with Crippen molar-refractivity contribution in [1.82, 2.24) is 15.8 Å². The zero-order valence-electron chi connectivity index (χ0n) is 15.0. The number of carbonyl (C=O) groups excluding carboxylic acids is 2. The molecule has 1 aromatic carbocycles. The fourth-order valence-electron chi connectivity index (χ4n) is 3.03. The van der Waals surface area contributed by atoms with Gasteiger partial charge in [-0.25, -0.2) is 4.98 Å². The minimum absolute atomic E-state index is 0.205. The van der Waals surface area contributed by atoms with Crippen molar-refractivity contribution < 1.29 is 14.5 Å². The lowest BCUT2D eigenvalue weighted by atomic mass is 10.2. The summed E-state index contributed by atoms with van der Waals surface area (Å²) in [6.45, 7) is 4.67. The molecule has 0 atom stereocenters. The second kappa shape index (κ2) is 9.34. The largest absolute Gasteiger partial charge is 0.360 e. The Hall–Kier alpha value is -2.64. The number of nitrogens with zero attached hydrogens (tertiary/aromatic N) is 2. The van der Waals surface area contributed by atoms with Gasteiger partial charge in [-0.15, -0.1) is 0 Å². The molecule has 0 aliphatic carbocycles. The molecule has 2 amide bonds. The molecule has 1 aliphatic rings. The Kier molecular flexibility index (Phi) is 6.62. The molecule has 0 bridgehead atoms. The van der Waals surface area contributed by atoms with E-state index in [2.05, 4.69) is 32.9 Å². The predicted molar refractivity (Wildman–Crippen MR) is 104 cm³/mol. The van der Waals surface area contributed by atoms with Gasteiger partial charge in [0, 0.05) is 11.9 Å². The Morgan fingerprint density at radius 2 is 1.81 bits per heavy atom. The molecule has 27 heavy (non-hydrogen) atoms. The molecule has 3 N–H and O–H groups in total. The summed E-state index contributed by atoms with van der Waals surface area (Å²) < 4.78 is 0. The maximum Gasteiger partial charge on any atom is 0.271 e. The molecule has 2 heterocycles. The second-order valence-electron chi connectivity index (χ2n) is 6.44. The summed E-state index contributed by atoms with van der Waals surface area (Å²) in [5, 5.41) is 0.311. The van der Waals surface area contributed by atoms with Crippen LogP contribution in [0, 0.1) is 0 Å². The third-order valence-electron chi connectivity index (χ3n) is 4.60. The summed E-state index contributed by atoms with van der Waals surface area (Å²) in [4.78, 5) is 31.5. The van der Waals surface area contributed by atoms with E-state index < -0.39 is 5.91 Å². The maximum atomic E-state index is 12.0. The number of halogens is 1. The first kappa shape index (κ1) is 19.1. The standard InChI is InChI=1S/C19H22ClN5O2/c20-17-7-6-15(14-21-17)19(27)23-22-18(26)8-9-24-10-12-25(13-11-24)16-4-2-1-3-5-16/h1-7,14H,8-13H2,(H,22,26)(H,23,27)/p+1. The number of hydrogen-bond donors (Lipinski definition) is 3. The van der Waals surface area contributed by atoms with Gasteiger partial charge in [0.05, 0.1) is 44.7 Å². The summed E-state index contributed by atoms with van der Waals surface area (Å²) in [7, 11) is 0. The smallest absolute Gasteiger partial charge is 0.271 e. The molecule has 3 rings (SSSR count). The van der Waals surface area contributed by atoms with Crippen molar-refractivity contribution in [2.75, 3.05) is 37.6 Å². The van der Waals surface area contributed by atoms with E-state index >= 15 is 0 Å². The van der Waals surface area contributed by atoms with E-state index in [0.29, 0.717) is 17.1 Å². The second-order valence-corrected chi connectivity index (χ2v) is 6.83. The number of anilines is 1. The summed E-state index contributed by atoms with van der Waals surface area (Å²) in [6.07, 6.45) is 1.72. The number of hydrazine groups is 1. The van der Waals surface area contributed by atoms with Crippen LogP contribution in [0.15, 0.2) is 48.7 Å². The predicted octanol–water partition coefficient (Wildman–Crippen LogP) is 0.291. The molecule has 142 valence electrons. The Morgan fingerprint density at radius 1 is 1.07 bits per heavy atom. The first-order valence-corrected chi connectivity index (χ1v) is 9.34. The molecule has 0 unspecified atom stereocenters. The molecule has 1 saturated heterocycles. The molecule has 2 aromatic rings. The van der Waals surface area contributed by atoms with Gasteiger partial charge in [-0.1, -0.05) is 29.8 Å². The highest BCUT2D eigenvalue weighted by Gasteiger charge is 2.20. The number of hydrogen-bond acceptors (Lipinski definition) is 4. The van der Waals surface area contributed by atoms with Gasteiger partial charge in [-0.05, 0) is 24.3 Å². The number of rotatable bonds is 5. The molecule has 0 spiro atoms. The number of pyridine rings is 1. The van der Waals surface area contributed by atoms with E-state index in [9.17, 15) is 9.59 Å². The molecule has 0 radical (unpaired) electrons. The number of para-hydroxylation sites is 1. The third-order valence-corrected chi connectivity index (χ3v) is 4.83. The van der Waals surface area contributed by atoms with Crippen molar-refractivity contribution in [3.63, 3.8) is 0 Å². The Bertz CT molecular complexity index is 761. The average Bonchev–Trinajstić information content (AvgIpc) is 2.72. The van der Waals surface area contributed by atoms with Gasteiger partial charge in [-0.3, -0.25) is 20.4 Å². The van der Waals surface area contributed by atoms with Crippen LogP contribution in [-0.2, 0) is 4.79 Å². The van der Waals surface area contributed by atoms with Gasteiger partial charge in [-0.2, -0.15) is 0 Å². The molecular weight excluding hydrogens is 366 g/mol. The van der Waals surface area contributed by atoms with E-state index in [1.54, 1.807) is 6.07 Å². The summed E-state index contributed by atoms with van der Waals surface area (Å²) in [5.74, 6) is -0.625. The van der Waals surface area contributed by atoms with Crippen LogP contribution in [0.1, 0.15) is 16.8 Å². The molecule has 0 saturated carbocycles. The van der Waals surface area contributed by atoms with Crippen molar-refractivity contribution in [3.05, 3.63) is 59.4 Å². The zero-order chi connectivity index (χ0) is 19.1. The van der Waals surface area contributed by atoms with Gasteiger partial charge >= 0.3 is 0 Å². The lowest BCUT2D eigenvalue weighted by Gasteiger charge is -2.33. The van der Waals surface area contributed by atoms with Gasteiger partial charge < -0.3 is 9.80 Å². The molecule has 1 fully saturated rings. The number of quaternary nitrogens is 1. The lowest BCUT2D eigenvalue weighted by molar-refractivity contribution is -0.900. The van der Waals surface area contributed by atoms with Crippen LogP contribution in [0.3, 0.4) is 0 Å². The minimum Gasteiger partial charge on any atom is -0.360 e. The van der Waals surface area contributed by atoms with Crippen LogP contribution >= 0.6 is 11.6 Å². The van der Waals surface area contributed by atoms with Crippen LogP contribution in [0.5, 0.6) is 0 Å². The molecular formula is C19H23ClN5O2+. The van der Waals surface area contributed by atoms with Crippen LogP contribution in [0.4, 0.5) is 5.69 Å². The van der Waals surface area contributed by atoms with Gasteiger partial charge in [0.2, 0.25) is 5.91 Å². The lowest BCUT2D eigenvalue weighted by Crippen LogP contribution is -3.15. The molecule has 1 aliphatic heterocycles. The topological polar surface area (TPSA) is 78.8 Å². The van der Waals surface area contributed by atoms with Crippen molar-refractivity contribution in [2.45, 2.75) is 6.42 Å². The van der Waals surface area contributed by atoms with Crippen molar-refractivity contribution in [1.29, 1.82) is 0 Å². The number of benzene rings is 1. The fraction of sp³-hybridized carbons (Fsp3) is 0.316. The van der Waals surface area contributed by atoms with Gasteiger partial charge in [0.25, 0.3) is 5.91 Å². The number of piperazine rings is 1. The van der Waals surface area contributed by atoms with E-state index in [-0.39, 0.29) is 5.91 Å². The highest BCUT2D eigenvalue weighted by Crippen LogP contribution is 2.12. The van der Waals surface area contributed by atoms with Crippen LogP contribution in [-0.4, -0.2) is 49.5 Å². The number of nitrogens with one attached hydrogen (secondary N) is 3. The monoisotopic (exact) mass is 388 g/mol. The summed E-state index contributed by atoms with van der Waals surface area (Å²) >= 11 is 5.68. The Labute approximate surface area is 163 Å². The molecule has 1 aromatic heterocycles. The highest BCUT2D eigenvalue weighted by atomic mass is 35.5. The van der Waals surface area contributed by atoms with Crippen LogP contribution in [0.25, 0.3) is 0 Å². The Morgan fingerprint density at radius 3 is 2.48 bits per heavy atom. The van der Waals surface area contributed by atoms with E-state index in [1.165, 1.54) is 22.9 Å². The van der Waals surface area contributed by atoms with E-state index in [0.717, 1.165) is 32.7 Å². The van der Waals surface area contributed by atoms with Crippen LogP contribution in [0.2, 0.25) is 5.15 Å². The highest BCUT2D eigenvalue weighted by molar-refractivity contribution is 6.29. The number of carbonyl (C=O) groups is 2. The SMILES string of the molecule is O=C(CC[NH+]1CCN(c2ccccc2)CC1)NNC(=O)c1ccc(Cl)nc1. The number of amides is 2.